The van der Waals surface area contributed by atoms with Crippen LogP contribution < -0.4 is 5.32 Å². The van der Waals surface area contributed by atoms with Crippen LogP contribution in [0.1, 0.15) is 42.4 Å². The molecule has 1 N–H and O–H groups in total. The van der Waals surface area contributed by atoms with Crippen molar-refractivity contribution in [3.05, 3.63) is 71.3 Å². The summed E-state index contributed by atoms with van der Waals surface area (Å²) < 4.78 is 0. The summed E-state index contributed by atoms with van der Waals surface area (Å²) in [7, 11) is 0. The van der Waals surface area contributed by atoms with Gasteiger partial charge in [0, 0.05) is 31.2 Å². The van der Waals surface area contributed by atoms with Crippen molar-refractivity contribution in [1.82, 2.24) is 10.2 Å². The van der Waals surface area contributed by atoms with Crippen LogP contribution in [0.25, 0.3) is 0 Å². The number of hydrogen-bond donors (Lipinski definition) is 1. The van der Waals surface area contributed by atoms with Gasteiger partial charge >= 0.3 is 0 Å². The number of fused-ring (bicyclic) bond motifs is 2. The van der Waals surface area contributed by atoms with Crippen molar-refractivity contribution < 1.29 is 0 Å². The first-order valence-electron chi connectivity index (χ1n) is 9.34. The minimum atomic E-state index is 0.611. The molecule has 0 aromatic heterocycles. The highest BCUT2D eigenvalue weighted by molar-refractivity contribution is 5.31. The second kappa shape index (κ2) is 7.39. The maximum absolute atomic E-state index is 8.89. The van der Waals surface area contributed by atoms with E-state index in [0.717, 1.165) is 30.7 Å². The number of nitrogens with one attached hydrogen (secondary N) is 1. The molecule has 0 saturated carbocycles. The second-order valence-electron chi connectivity index (χ2n) is 7.40. The molecule has 4 rings (SSSR count). The second-order valence-corrected chi connectivity index (χ2v) is 7.40. The molecule has 2 unspecified atom stereocenters. The summed E-state index contributed by atoms with van der Waals surface area (Å²) in [5, 5.41) is 12.6. The lowest BCUT2D eigenvalue weighted by Gasteiger charge is -2.39. The molecule has 3 heteroatoms. The molecule has 0 aliphatic carbocycles. The van der Waals surface area contributed by atoms with Crippen molar-refractivity contribution in [3.8, 4) is 6.07 Å². The van der Waals surface area contributed by atoms with Gasteiger partial charge in [-0.25, -0.2) is 0 Å². The average molecular weight is 331 g/mol. The SMILES string of the molecule is N#Cc1ccc(CNC2CC3CCC(C2)N3Cc2ccccc2)cc1. The van der Waals surface area contributed by atoms with Crippen molar-refractivity contribution in [1.29, 1.82) is 5.26 Å². The molecule has 2 aliphatic heterocycles. The van der Waals surface area contributed by atoms with E-state index in [1.54, 1.807) is 0 Å². The number of hydrogen-bond acceptors (Lipinski definition) is 3. The van der Waals surface area contributed by atoms with Gasteiger partial charge in [0.2, 0.25) is 0 Å². The normalized spacial score (nSPS) is 25.6. The molecule has 25 heavy (non-hydrogen) atoms. The summed E-state index contributed by atoms with van der Waals surface area (Å²) in [5.41, 5.74) is 3.43. The van der Waals surface area contributed by atoms with E-state index in [-0.39, 0.29) is 0 Å². The lowest BCUT2D eigenvalue weighted by atomic mass is 9.96. The predicted molar refractivity (Wildman–Crippen MR) is 99.8 cm³/mol. The number of benzene rings is 2. The molecule has 2 atom stereocenters. The summed E-state index contributed by atoms with van der Waals surface area (Å²) in [4.78, 5) is 2.73. The monoisotopic (exact) mass is 331 g/mol. The standard InChI is InChI=1S/C22H25N3/c23-14-17-6-8-18(9-7-17)15-24-20-12-21-10-11-22(13-20)25(21)16-19-4-2-1-3-5-19/h1-9,20-22,24H,10-13,15-16H2. The lowest BCUT2D eigenvalue weighted by molar-refractivity contribution is 0.109. The topological polar surface area (TPSA) is 39.1 Å². The number of nitrogens with zero attached hydrogens (tertiary/aromatic N) is 2. The third kappa shape index (κ3) is 3.76. The molecule has 2 saturated heterocycles. The highest BCUT2D eigenvalue weighted by Crippen LogP contribution is 2.36. The smallest absolute Gasteiger partial charge is 0.0991 e. The van der Waals surface area contributed by atoms with Gasteiger partial charge < -0.3 is 5.32 Å². The Kier molecular flexibility index (Phi) is 4.83. The first kappa shape index (κ1) is 16.3. The van der Waals surface area contributed by atoms with Crippen molar-refractivity contribution in [2.45, 2.75) is 56.9 Å². The molecule has 2 aromatic rings. The zero-order valence-electron chi connectivity index (χ0n) is 14.6. The van der Waals surface area contributed by atoms with Crippen LogP contribution in [-0.2, 0) is 13.1 Å². The fourth-order valence-electron chi connectivity index (χ4n) is 4.45. The summed E-state index contributed by atoms with van der Waals surface area (Å²) >= 11 is 0. The minimum absolute atomic E-state index is 0.611. The molecule has 2 fully saturated rings. The van der Waals surface area contributed by atoms with Gasteiger partial charge in [-0.2, -0.15) is 5.26 Å². The van der Waals surface area contributed by atoms with Crippen LogP contribution in [0.15, 0.2) is 54.6 Å². The Bertz CT molecular complexity index is 718. The fraction of sp³-hybridized carbons (Fsp3) is 0.409. The molecule has 0 radical (unpaired) electrons. The minimum Gasteiger partial charge on any atom is -0.310 e. The van der Waals surface area contributed by atoms with Crippen LogP contribution in [0.5, 0.6) is 0 Å². The van der Waals surface area contributed by atoms with Crippen LogP contribution in [0.4, 0.5) is 0 Å². The van der Waals surface area contributed by atoms with E-state index in [4.69, 9.17) is 5.26 Å². The molecular formula is C22H25N3. The number of rotatable bonds is 5. The van der Waals surface area contributed by atoms with Gasteiger partial charge in [-0.15, -0.1) is 0 Å². The molecule has 3 nitrogen and oxygen atoms in total. The first-order valence-corrected chi connectivity index (χ1v) is 9.34. The Hall–Kier alpha value is -2.15. The van der Waals surface area contributed by atoms with Crippen molar-refractivity contribution in [2.24, 2.45) is 0 Å². The van der Waals surface area contributed by atoms with E-state index in [0.29, 0.717) is 6.04 Å². The van der Waals surface area contributed by atoms with Gasteiger partial charge in [0.05, 0.1) is 11.6 Å². The molecule has 128 valence electrons. The quantitative estimate of drug-likeness (QED) is 0.905. The Labute approximate surface area is 150 Å². The molecule has 2 aromatic carbocycles. The molecule has 0 amide bonds. The summed E-state index contributed by atoms with van der Waals surface area (Å²) in [6.07, 6.45) is 5.18. The van der Waals surface area contributed by atoms with E-state index < -0.39 is 0 Å². The maximum atomic E-state index is 8.89. The van der Waals surface area contributed by atoms with Gasteiger partial charge in [0.15, 0.2) is 0 Å². The molecule has 2 bridgehead atoms. The van der Waals surface area contributed by atoms with Gasteiger partial charge in [-0.3, -0.25) is 4.90 Å². The van der Waals surface area contributed by atoms with Crippen LogP contribution in [0, 0.1) is 11.3 Å². The first-order chi connectivity index (χ1) is 12.3. The highest BCUT2D eigenvalue weighted by Gasteiger charge is 2.40. The van der Waals surface area contributed by atoms with Crippen molar-refractivity contribution >= 4 is 0 Å². The predicted octanol–water partition coefficient (Wildman–Crippen LogP) is 3.84. The molecule has 2 aliphatic rings. The van der Waals surface area contributed by atoms with Crippen LogP contribution in [-0.4, -0.2) is 23.0 Å². The molecular weight excluding hydrogens is 306 g/mol. The number of piperidine rings is 1. The average Bonchev–Trinajstić information content (AvgIpc) is 2.90. The Morgan fingerprint density at radius 1 is 0.920 bits per heavy atom. The van der Waals surface area contributed by atoms with E-state index in [1.165, 1.54) is 36.8 Å². The Morgan fingerprint density at radius 2 is 1.60 bits per heavy atom. The molecule has 0 spiro atoms. The van der Waals surface area contributed by atoms with Crippen LogP contribution >= 0.6 is 0 Å². The zero-order chi connectivity index (χ0) is 17.1. The van der Waals surface area contributed by atoms with Crippen LogP contribution in [0.3, 0.4) is 0 Å². The highest BCUT2D eigenvalue weighted by atomic mass is 15.2. The van der Waals surface area contributed by atoms with Crippen molar-refractivity contribution in [2.75, 3.05) is 0 Å². The van der Waals surface area contributed by atoms with Gasteiger partial charge in [0.25, 0.3) is 0 Å². The van der Waals surface area contributed by atoms with E-state index in [9.17, 15) is 0 Å². The summed E-state index contributed by atoms with van der Waals surface area (Å²) in [5.74, 6) is 0. The molecule has 2 heterocycles. The van der Waals surface area contributed by atoms with Gasteiger partial charge in [-0.1, -0.05) is 42.5 Å². The maximum Gasteiger partial charge on any atom is 0.0991 e. The van der Waals surface area contributed by atoms with Crippen LogP contribution in [0.2, 0.25) is 0 Å². The van der Waals surface area contributed by atoms with Crippen molar-refractivity contribution in [3.63, 3.8) is 0 Å². The third-order valence-corrected chi connectivity index (χ3v) is 5.77. The summed E-state index contributed by atoms with van der Waals surface area (Å²) in [6.45, 7) is 1.99. The van der Waals surface area contributed by atoms with E-state index >= 15 is 0 Å². The van der Waals surface area contributed by atoms with E-state index in [1.807, 2.05) is 12.1 Å². The Morgan fingerprint density at radius 3 is 2.24 bits per heavy atom. The largest absolute Gasteiger partial charge is 0.310 e. The Balaban J connectivity index is 1.32. The zero-order valence-corrected chi connectivity index (χ0v) is 14.6. The lowest BCUT2D eigenvalue weighted by Crippen LogP contribution is -2.48. The fourth-order valence-corrected chi connectivity index (χ4v) is 4.45. The number of nitriles is 1. The summed E-state index contributed by atoms with van der Waals surface area (Å²) in [6, 6.07) is 23.0. The van der Waals surface area contributed by atoms with E-state index in [2.05, 4.69) is 58.8 Å². The van der Waals surface area contributed by atoms with Gasteiger partial charge in [0.1, 0.15) is 0 Å². The van der Waals surface area contributed by atoms with Gasteiger partial charge in [-0.05, 0) is 48.9 Å². The third-order valence-electron chi connectivity index (χ3n) is 5.77.